The highest BCUT2D eigenvalue weighted by atomic mass is 16.5. The number of fused-ring (bicyclic) bond motifs is 4. The second-order valence-electron chi connectivity index (χ2n) is 7.58. The molecule has 7 heteroatoms. The molecule has 3 aromatic heterocycles. The number of para-hydroxylation sites is 3. The van der Waals surface area contributed by atoms with Gasteiger partial charge in [-0.1, -0.05) is 30.3 Å². The smallest absolute Gasteiger partial charge is 0.269 e. The highest BCUT2D eigenvalue weighted by Crippen LogP contribution is 2.27. The van der Waals surface area contributed by atoms with Crippen molar-refractivity contribution in [1.29, 1.82) is 0 Å². The lowest BCUT2D eigenvalue weighted by atomic mass is 10.2. The average Bonchev–Trinajstić information content (AvgIpc) is 3.40. The standard InChI is InChI=1S/C23H19N5O2/c29-23-19-20-22(26-18-11-5-4-10-17(18)25-20)27(13-16-9-6-12-30-16)21(19)24-14-28(23)15-7-2-1-3-8-15/h1-5,7-8,10-11,14,16H,6,9,12-13H2. The van der Waals surface area contributed by atoms with Gasteiger partial charge in [0.25, 0.3) is 5.56 Å². The molecule has 148 valence electrons. The van der Waals surface area contributed by atoms with Gasteiger partial charge in [0.05, 0.1) is 29.4 Å². The van der Waals surface area contributed by atoms with E-state index in [9.17, 15) is 4.79 Å². The fourth-order valence-electron chi connectivity index (χ4n) is 4.24. The molecular formula is C23H19N5O2. The monoisotopic (exact) mass is 397 g/mol. The van der Waals surface area contributed by atoms with Crippen LogP contribution >= 0.6 is 0 Å². The van der Waals surface area contributed by atoms with Crippen LogP contribution in [0.4, 0.5) is 0 Å². The van der Waals surface area contributed by atoms with Crippen LogP contribution in [0.15, 0.2) is 65.7 Å². The molecule has 30 heavy (non-hydrogen) atoms. The Labute approximate surface area is 171 Å². The normalized spacial score (nSPS) is 16.7. The van der Waals surface area contributed by atoms with Crippen molar-refractivity contribution in [2.24, 2.45) is 0 Å². The number of ether oxygens (including phenoxy) is 1. The average molecular weight is 397 g/mol. The van der Waals surface area contributed by atoms with Gasteiger partial charge in [-0.2, -0.15) is 0 Å². The number of rotatable bonds is 3. The van der Waals surface area contributed by atoms with E-state index < -0.39 is 0 Å². The minimum Gasteiger partial charge on any atom is -0.376 e. The maximum atomic E-state index is 13.5. The van der Waals surface area contributed by atoms with Crippen molar-refractivity contribution in [1.82, 2.24) is 24.1 Å². The van der Waals surface area contributed by atoms with E-state index in [0.29, 0.717) is 28.7 Å². The molecule has 0 N–H and O–H groups in total. The summed E-state index contributed by atoms with van der Waals surface area (Å²) in [5.41, 5.74) is 4.05. The molecular weight excluding hydrogens is 378 g/mol. The summed E-state index contributed by atoms with van der Waals surface area (Å²) < 4.78 is 9.42. The highest BCUT2D eigenvalue weighted by Gasteiger charge is 2.24. The van der Waals surface area contributed by atoms with Gasteiger partial charge in [-0.25, -0.2) is 15.0 Å². The van der Waals surface area contributed by atoms with E-state index in [1.165, 1.54) is 0 Å². The number of benzene rings is 2. The predicted octanol–water partition coefficient (Wildman–Crippen LogP) is 3.46. The molecule has 1 atom stereocenters. The lowest BCUT2D eigenvalue weighted by molar-refractivity contribution is 0.0987. The van der Waals surface area contributed by atoms with Crippen molar-refractivity contribution >= 4 is 33.2 Å². The molecule has 5 aromatic rings. The van der Waals surface area contributed by atoms with Crippen LogP contribution < -0.4 is 5.56 Å². The van der Waals surface area contributed by atoms with E-state index in [-0.39, 0.29) is 11.7 Å². The molecule has 0 saturated carbocycles. The lowest BCUT2D eigenvalue weighted by Crippen LogP contribution is -2.20. The van der Waals surface area contributed by atoms with Crippen LogP contribution in [0.25, 0.3) is 38.9 Å². The van der Waals surface area contributed by atoms with Gasteiger partial charge in [0.15, 0.2) is 11.3 Å². The van der Waals surface area contributed by atoms with E-state index >= 15 is 0 Å². The van der Waals surface area contributed by atoms with Crippen LogP contribution in [0.5, 0.6) is 0 Å². The van der Waals surface area contributed by atoms with Crippen LogP contribution in [0.1, 0.15) is 12.8 Å². The first-order chi connectivity index (χ1) is 14.8. The van der Waals surface area contributed by atoms with Crippen molar-refractivity contribution < 1.29 is 4.74 Å². The minimum absolute atomic E-state index is 0.0930. The van der Waals surface area contributed by atoms with Crippen molar-refractivity contribution in [3.05, 3.63) is 71.3 Å². The molecule has 1 aliphatic heterocycles. The first-order valence-corrected chi connectivity index (χ1v) is 10.1. The first kappa shape index (κ1) is 17.3. The molecule has 0 radical (unpaired) electrons. The summed E-state index contributed by atoms with van der Waals surface area (Å²) in [4.78, 5) is 27.9. The first-order valence-electron chi connectivity index (χ1n) is 10.1. The minimum atomic E-state index is -0.146. The summed E-state index contributed by atoms with van der Waals surface area (Å²) >= 11 is 0. The Kier molecular flexibility index (Phi) is 3.89. The van der Waals surface area contributed by atoms with Gasteiger partial charge >= 0.3 is 0 Å². The maximum Gasteiger partial charge on any atom is 0.269 e. The Hall–Kier alpha value is -3.58. The summed E-state index contributed by atoms with van der Waals surface area (Å²) in [6, 6.07) is 17.2. The fourth-order valence-corrected chi connectivity index (χ4v) is 4.24. The Morgan fingerprint density at radius 2 is 1.73 bits per heavy atom. The summed E-state index contributed by atoms with van der Waals surface area (Å²) in [5, 5.41) is 0.493. The van der Waals surface area contributed by atoms with Gasteiger partial charge in [0.1, 0.15) is 17.2 Å². The van der Waals surface area contributed by atoms with Crippen LogP contribution in [0, 0.1) is 0 Å². The van der Waals surface area contributed by atoms with Crippen LogP contribution in [-0.4, -0.2) is 36.8 Å². The molecule has 0 bridgehead atoms. The van der Waals surface area contributed by atoms with Crippen LogP contribution in [0.2, 0.25) is 0 Å². The molecule has 6 rings (SSSR count). The molecule has 7 nitrogen and oxygen atoms in total. The Bertz CT molecular complexity index is 1450. The van der Waals surface area contributed by atoms with Crippen molar-refractivity contribution in [2.45, 2.75) is 25.5 Å². The Morgan fingerprint density at radius 3 is 2.50 bits per heavy atom. The van der Waals surface area contributed by atoms with Gasteiger partial charge < -0.3 is 9.30 Å². The zero-order valence-corrected chi connectivity index (χ0v) is 16.2. The molecule has 1 aliphatic rings. The van der Waals surface area contributed by atoms with Gasteiger partial charge in [-0.05, 0) is 37.1 Å². The molecule has 1 fully saturated rings. The third-order valence-corrected chi connectivity index (χ3v) is 5.70. The third kappa shape index (κ3) is 2.63. The van der Waals surface area contributed by atoms with Crippen molar-refractivity contribution in [3.63, 3.8) is 0 Å². The van der Waals surface area contributed by atoms with E-state index in [1.807, 2.05) is 59.2 Å². The molecule has 0 spiro atoms. The van der Waals surface area contributed by atoms with Crippen molar-refractivity contribution in [3.8, 4) is 5.69 Å². The number of hydrogen-bond donors (Lipinski definition) is 0. The Balaban J connectivity index is 1.69. The second kappa shape index (κ2) is 6.74. The Morgan fingerprint density at radius 1 is 0.967 bits per heavy atom. The van der Waals surface area contributed by atoms with Crippen molar-refractivity contribution in [2.75, 3.05) is 6.61 Å². The summed E-state index contributed by atoms with van der Waals surface area (Å²) in [5.74, 6) is 0. The van der Waals surface area contributed by atoms with Crippen LogP contribution in [-0.2, 0) is 11.3 Å². The van der Waals surface area contributed by atoms with Gasteiger partial charge in [0.2, 0.25) is 0 Å². The molecule has 2 aromatic carbocycles. The summed E-state index contributed by atoms with van der Waals surface area (Å²) in [6.07, 6.45) is 3.72. The molecule has 1 saturated heterocycles. The maximum absolute atomic E-state index is 13.5. The quantitative estimate of drug-likeness (QED) is 0.466. The summed E-state index contributed by atoms with van der Waals surface area (Å²) in [6.45, 7) is 1.37. The van der Waals surface area contributed by atoms with Crippen LogP contribution in [0.3, 0.4) is 0 Å². The van der Waals surface area contributed by atoms with E-state index in [0.717, 1.165) is 36.2 Å². The molecule has 1 unspecified atom stereocenters. The summed E-state index contributed by atoms with van der Waals surface area (Å²) in [7, 11) is 0. The number of hydrogen-bond acceptors (Lipinski definition) is 5. The zero-order chi connectivity index (χ0) is 20.1. The second-order valence-corrected chi connectivity index (χ2v) is 7.58. The SMILES string of the molecule is O=c1c2c3nc4ccccc4nc3n(CC3CCCO3)c2ncn1-c1ccccc1. The lowest BCUT2D eigenvalue weighted by Gasteiger charge is -2.12. The third-order valence-electron chi connectivity index (χ3n) is 5.70. The molecule has 0 amide bonds. The largest absolute Gasteiger partial charge is 0.376 e. The van der Waals surface area contributed by atoms with Gasteiger partial charge in [-0.3, -0.25) is 9.36 Å². The topological polar surface area (TPSA) is 74.8 Å². The van der Waals surface area contributed by atoms with Gasteiger partial charge in [-0.15, -0.1) is 0 Å². The van der Waals surface area contributed by atoms with Gasteiger partial charge in [0, 0.05) is 6.61 Å². The zero-order valence-electron chi connectivity index (χ0n) is 16.2. The predicted molar refractivity (Wildman–Crippen MR) is 115 cm³/mol. The molecule has 4 heterocycles. The number of nitrogens with zero attached hydrogens (tertiary/aromatic N) is 5. The van der Waals surface area contributed by atoms with E-state index in [1.54, 1.807) is 10.9 Å². The van der Waals surface area contributed by atoms with E-state index in [2.05, 4.69) is 4.98 Å². The fraction of sp³-hybridized carbons (Fsp3) is 0.217. The molecule has 0 aliphatic carbocycles. The van der Waals surface area contributed by atoms with E-state index in [4.69, 9.17) is 14.7 Å². The number of aromatic nitrogens is 5. The highest BCUT2D eigenvalue weighted by molar-refractivity contribution is 6.04.